The second-order valence-corrected chi connectivity index (χ2v) is 5.61. The van der Waals surface area contributed by atoms with Gasteiger partial charge in [0.1, 0.15) is 0 Å². The van der Waals surface area contributed by atoms with E-state index in [4.69, 9.17) is 11.6 Å². The highest BCUT2D eigenvalue weighted by molar-refractivity contribution is 6.31. The Kier molecular flexibility index (Phi) is 4.32. The average molecular weight is 282 g/mol. The van der Waals surface area contributed by atoms with Gasteiger partial charge < -0.3 is 15.5 Å². The molecule has 5 heteroatoms. The topological polar surface area (TPSA) is 44.4 Å². The number of amides is 2. The molecule has 1 fully saturated rings. The van der Waals surface area contributed by atoms with Crippen LogP contribution in [0.15, 0.2) is 18.2 Å². The van der Waals surface area contributed by atoms with Gasteiger partial charge in [0.15, 0.2) is 0 Å². The zero-order chi connectivity index (χ0) is 14.0. The number of benzene rings is 1. The van der Waals surface area contributed by atoms with Crippen LogP contribution in [0.3, 0.4) is 0 Å². The van der Waals surface area contributed by atoms with Crippen LogP contribution in [-0.4, -0.2) is 36.1 Å². The summed E-state index contributed by atoms with van der Waals surface area (Å²) in [5.74, 6) is 0. The van der Waals surface area contributed by atoms with Gasteiger partial charge >= 0.3 is 6.03 Å². The molecule has 1 aromatic rings. The second kappa shape index (κ2) is 5.80. The highest BCUT2D eigenvalue weighted by Gasteiger charge is 2.26. The SMILES string of the molecule is Cc1ccc(NC(=O)N2CC(C)NCC2C)cc1Cl. The largest absolute Gasteiger partial charge is 0.322 e. The zero-order valence-corrected chi connectivity index (χ0v) is 12.3. The van der Waals surface area contributed by atoms with Crippen molar-refractivity contribution in [2.75, 3.05) is 18.4 Å². The summed E-state index contributed by atoms with van der Waals surface area (Å²) in [5, 5.41) is 6.93. The van der Waals surface area contributed by atoms with E-state index in [1.165, 1.54) is 0 Å². The quantitative estimate of drug-likeness (QED) is 0.831. The number of anilines is 1. The van der Waals surface area contributed by atoms with Crippen molar-refractivity contribution >= 4 is 23.3 Å². The molecule has 0 bridgehead atoms. The Labute approximate surface area is 119 Å². The van der Waals surface area contributed by atoms with Crippen molar-refractivity contribution in [2.24, 2.45) is 0 Å². The monoisotopic (exact) mass is 281 g/mol. The van der Waals surface area contributed by atoms with Gasteiger partial charge in [0.2, 0.25) is 0 Å². The Bertz CT molecular complexity index is 478. The maximum atomic E-state index is 12.3. The maximum Gasteiger partial charge on any atom is 0.322 e. The predicted octanol–water partition coefficient (Wildman–Crippen LogP) is 2.86. The van der Waals surface area contributed by atoms with Gasteiger partial charge in [-0.2, -0.15) is 0 Å². The molecule has 19 heavy (non-hydrogen) atoms. The molecule has 2 rings (SSSR count). The van der Waals surface area contributed by atoms with E-state index in [9.17, 15) is 4.79 Å². The molecule has 2 atom stereocenters. The van der Waals surface area contributed by atoms with Gasteiger partial charge in [-0.25, -0.2) is 4.79 Å². The van der Waals surface area contributed by atoms with Crippen molar-refractivity contribution in [1.29, 1.82) is 0 Å². The van der Waals surface area contributed by atoms with E-state index in [0.717, 1.165) is 17.8 Å². The Morgan fingerprint density at radius 3 is 2.89 bits per heavy atom. The lowest BCUT2D eigenvalue weighted by atomic mass is 10.1. The first-order chi connectivity index (χ1) is 8.97. The minimum atomic E-state index is -0.0687. The fourth-order valence-corrected chi connectivity index (χ4v) is 2.35. The van der Waals surface area contributed by atoms with Crippen molar-refractivity contribution in [1.82, 2.24) is 10.2 Å². The van der Waals surface area contributed by atoms with E-state index < -0.39 is 0 Å². The molecular formula is C14H20ClN3O. The summed E-state index contributed by atoms with van der Waals surface area (Å²) < 4.78 is 0. The Morgan fingerprint density at radius 1 is 1.47 bits per heavy atom. The standard InChI is InChI=1S/C14H20ClN3O/c1-9-4-5-12(6-13(9)15)17-14(19)18-8-10(2)16-7-11(18)3/h4-6,10-11,16H,7-8H2,1-3H3,(H,17,19). The van der Waals surface area contributed by atoms with Crippen molar-refractivity contribution < 1.29 is 4.79 Å². The van der Waals surface area contributed by atoms with Crippen LogP contribution in [0.2, 0.25) is 5.02 Å². The summed E-state index contributed by atoms with van der Waals surface area (Å²) in [4.78, 5) is 14.1. The molecule has 2 unspecified atom stereocenters. The zero-order valence-electron chi connectivity index (χ0n) is 11.5. The fraction of sp³-hybridized carbons (Fsp3) is 0.500. The molecule has 1 aliphatic heterocycles. The number of nitrogens with one attached hydrogen (secondary N) is 2. The van der Waals surface area contributed by atoms with Gasteiger partial charge in [0.05, 0.1) is 0 Å². The molecule has 104 valence electrons. The summed E-state index contributed by atoms with van der Waals surface area (Å²) in [6.45, 7) is 7.60. The molecule has 1 aliphatic rings. The van der Waals surface area contributed by atoms with Crippen molar-refractivity contribution in [3.63, 3.8) is 0 Å². The van der Waals surface area contributed by atoms with Gasteiger partial charge in [-0.1, -0.05) is 17.7 Å². The van der Waals surface area contributed by atoms with Crippen LogP contribution < -0.4 is 10.6 Å². The number of carbonyl (C=O) groups excluding carboxylic acids is 1. The number of aryl methyl sites for hydroxylation is 1. The molecule has 0 aromatic heterocycles. The molecule has 0 spiro atoms. The lowest BCUT2D eigenvalue weighted by molar-refractivity contribution is 0.162. The normalized spacial score (nSPS) is 23.3. The van der Waals surface area contributed by atoms with Gasteiger partial charge in [0.25, 0.3) is 0 Å². The van der Waals surface area contributed by atoms with Gasteiger partial charge in [-0.05, 0) is 38.5 Å². The van der Waals surface area contributed by atoms with Gasteiger partial charge in [-0.15, -0.1) is 0 Å². The molecule has 1 saturated heterocycles. The first kappa shape index (κ1) is 14.2. The summed E-state index contributed by atoms with van der Waals surface area (Å²) >= 11 is 6.06. The Balaban J connectivity index is 2.05. The summed E-state index contributed by atoms with van der Waals surface area (Å²) in [5.41, 5.74) is 1.74. The Hall–Kier alpha value is -1.26. The molecule has 4 nitrogen and oxygen atoms in total. The lowest BCUT2D eigenvalue weighted by Gasteiger charge is -2.37. The van der Waals surface area contributed by atoms with E-state index >= 15 is 0 Å². The van der Waals surface area contributed by atoms with E-state index in [0.29, 0.717) is 17.6 Å². The van der Waals surface area contributed by atoms with E-state index in [1.807, 2.05) is 30.9 Å². The lowest BCUT2D eigenvalue weighted by Crippen LogP contribution is -2.57. The van der Waals surface area contributed by atoms with Crippen molar-refractivity contribution in [3.05, 3.63) is 28.8 Å². The van der Waals surface area contributed by atoms with Gasteiger partial charge in [-0.3, -0.25) is 0 Å². The first-order valence-electron chi connectivity index (χ1n) is 6.54. The highest BCUT2D eigenvalue weighted by atomic mass is 35.5. The van der Waals surface area contributed by atoms with Crippen LogP contribution in [-0.2, 0) is 0 Å². The van der Waals surface area contributed by atoms with E-state index in [-0.39, 0.29) is 12.1 Å². The molecule has 1 heterocycles. The number of urea groups is 1. The molecule has 2 N–H and O–H groups in total. The van der Waals surface area contributed by atoms with Crippen molar-refractivity contribution in [2.45, 2.75) is 32.9 Å². The van der Waals surface area contributed by atoms with Crippen LogP contribution in [0.1, 0.15) is 19.4 Å². The predicted molar refractivity (Wildman–Crippen MR) is 78.8 cm³/mol. The number of hydrogen-bond donors (Lipinski definition) is 2. The number of carbonyl (C=O) groups is 1. The molecule has 2 amide bonds. The number of rotatable bonds is 1. The smallest absolute Gasteiger partial charge is 0.319 e. The van der Waals surface area contributed by atoms with E-state index in [2.05, 4.69) is 17.6 Å². The van der Waals surface area contributed by atoms with Crippen LogP contribution in [0.4, 0.5) is 10.5 Å². The molecule has 0 aliphatic carbocycles. The first-order valence-corrected chi connectivity index (χ1v) is 6.92. The number of nitrogens with zero attached hydrogens (tertiary/aromatic N) is 1. The minimum Gasteiger partial charge on any atom is -0.319 e. The van der Waals surface area contributed by atoms with E-state index in [1.54, 1.807) is 6.07 Å². The highest BCUT2D eigenvalue weighted by Crippen LogP contribution is 2.20. The maximum absolute atomic E-state index is 12.3. The number of piperazine rings is 1. The fourth-order valence-electron chi connectivity index (χ4n) is 2.17. The molecule has 0 radical (unpaired) electrons. The van der Waals surface area contributed by atoms with Crippen LogP contribution in [0.25, 0.3) is 0 Å². The summed E-state index contributed by atoms with van der Waals surface area (Å²) in [6, 6.07) is 6.00. The third-order valence-corrected chi connectivity index (χ3v) is 3.86. The summed E-state index contributed by atoms with van der Waals surface area (Å²) in [6.07, 6.45) is 0. The second-order valence-electron chi connectivity index (χ2n) is 5.20. The number of halogens is 1. The third-order valence-electron chi connectivity index (χ3n) is 3.45. The van der Waals surface area contributed by atoms with Crippen LogP contribution >= 0.6 is 11.6 Å². The van der Waals surface area contributed by atoms with Crippen molar-refractivity contribution in [3.8, 4) is 0 Å². The van der Waals surface area contributed by atoms with Crippen LogP contribution in [0, 0.1) is 6.92 Å². The average Bonchev–Trinajstić information content (AvgIpc) is 2.36. The molecule has 0 saturated carbocycles. The molecular weight excluding hydrogens is 262 g/mol. The van der Waals surface area contributed by atoms with Gasteiger partial charge in [0, 0.05) is 35.9 Å². The summed E-state index contributed by atoms with van der Waals surface area (Å²) in [7, 11) is 0. The number of hydrogen-bond acceptors (Lipinski definition) is 2. The van der Waals surface area contributed by atoms with Crippen LogP contribution in [0.5, 0.6) is 0 Å². The Morgan fingerprint density at radius 2 is 2.21 bits per heavy atom. The third kappa shape index (κ3) is 3.39. The minimum absolute atomic E-state index is 0.0687. The molecule has 1 aromatic carbocycles.